The molecule has 0 aromatic heterocycles. The van der Waals surface area contributed by atoms with Gasteiger partial charge in [-0.2, -0.15) is 6.42 Å². The van der Waals surface area contributed by atoms with E-state index in [4.69, 9.17) is 0 Å². The second-order valence-corrected chi connectivity index (χ2v) is 1.68. The van der Waals surface area contributed by atoms with E-state index < -0.39 is 0 Å². The van der Waals surface area contributed by atoms with Crippen molar-refractivity contribution in [3.05, 3.63) is 6.92 Å². The van der Waals surface area contributed by atoms with Crippen molar-refractivity contribution in [1.29, 1.82) is 0 Å². The SMILES string of the molecule is [CH2-]CC(C)C.[Hf+4].[OH-].[OH-].[OH-]. The van der Waals surface area contributed by atoms with E-state index >= 15 is 0 Å². The Balaban J connectivity index is -0.0000000133. The van der Waals surface area contributed by atoms with Crippen LogP contribution >= 0.6 is 0 Å². The quantitative estimate of drug-likeness (QED) is 0.540. The molecule has 9 heavy (non-hydrogen) atoms. The first-order valence-corrected chi connectivity index (χ1v) is 2.06. The Morgan fingerprint density at radius 2 is 1.22 bits per heavy atom. The van der Waals surface area contributed by atoms with E-state index in [1.54, 1.807) is 0 Å². The molecule has 0 aromatic carbocycles. The van der Waals surface area contributed by atoms with Crippen LogP contribution in [0.4, 0.5) is 0 Å². The zero-order chi connectivity index (χ0) is 4.28. The standard InChI is InChI=1S/C5H11.Hf.3H2O/c1-4-5(2)3;;;;/h5H,1,4H2,2-3H3;;3*1H2/q-1;+4;;;/p-3. The fourth-order valence-electron chi connectivity index (χ4n) is 0. The summed E-state index contributed by atoms with van der Waals surface area (Å²) in [6.07, 6.45) is 1.06. The monoisotopic (exact) mass is 302 g/mol. The molecule has 0 spiro atoms. The topological polar surface area (TPSA) is 90.0 Å². The molecule has 0 saturated carbocycles. The molecule has 0 radical (unpaired) electrons. The van der Waals surface area contributed by atoms with Gasteiger partial charge in [-0.1, -0.05) is 19.8 Å². The first-order valence-electron chi connectivity index (χ1n) is 2.06. The molecule has 0 aliphatic heterocycles. The average molecular weight is 301 g/mol. The number of rotatable bonds is 1. The molecular weight excluding hydrogens is 287 g/mol. The summed E-state index contributed by atoms with van der Waals surface area (Å²) in [4.78, 5) is 0. The van der Waals surface area contributed by atoms with Crippen molar-refractivity contribution in [3.63, 3.8) is 0 Å². The maximum atomic E-state index is 3.69. The molecule has 0 fully saturated rings. The Kier molecular flexibility index (Phi) is 85.6. The largest absolute Gasteiger partial charge is 4.00 e. The summed E-state index contributed by atoms with van der Waals surface area (Å²) in [6.45, 7) is 8.00. The number of hydrogen-bond donors (Lipinski definition) is 0. The van der Waals surface area contributed by atoms with Gasteiger partial charge in [0.1, 0.15) is 0 Å². The third kappa shape index (κ3) is 52.7. The molecule has 0 aromatic rings. The summed E-state index contributed by atoms with van der Waals surface area (Å²) in [5, 5.41) is 0. The van der Waals surface area contributed by atoms with Crippen LogP contribution in [0.1, 0.15) is 20.3 Å². The molecule has 0 bridgehead atoms. The maximum Gasteiger partial charge on any atom is 4.00 e. The summed E-state index contributed by atoms with van der Waals surface area (Å²) in [5.41, 5.74) is 0. The predicted octanol–water partition coefficient (Wildman–Crippen LogP) is 1.33. The molecule has 0 aliphatic carbocycles. The minimum absolute atomic E-state index is 0. The fourth-order valence-corrected chi connectivity index (χ4v) is 0. The van der Waals surface area contributed by atoms with Gasteiger partial charge >= 0.3 is 25.8 Å². The van der Waals surface area contributed by atoms with Crippen LogP contribution in [0.25, 0.3) is 0 Å². The normalized spacial score (nSPS) is 5.33. The molecular formula is C5H14HfO3. The van der Waals surface area contributed by atoms with Crippen LogP contribution in [-0.4, -0.2) is 16.4 Å². The van der Waals surface area contributed by atoms with Crippen LogP contribution < -0.4 is 0 Å². The molecule has 0 atom stereocenters. The second-order valence-electron chi connectivity index (χ2n) is 1.68. The molecule has 0 aliphatic rings. The van der Waals surface area contributed by atoms with Gasteiger partial charge < -0.3 is 23.4 Å². The summed E-state index contributed by atoms with van der Waals surface area (Å²) in [6, 6.07) is 0. The third-order valence-corrected chi connectivity index (χ3v) is 0.577. The van der Waals surface area contributed by atoms with E-state index in [1.165, 1.54) is 0 Å². The van der Waals surface area contributed by atoms with Crippen LogP contribution in [0.15, 0.2) is 0 Å². The summed E-state index contributed by atoms with van der Waals surface area (Å²) >= 11 is 0. The van der Waals surface area contributed by atoms with E-state index in [9.17, 15) is 0 Å². The van der Waals surface area contributed by atoms with Crippen LogP contribution in [0.3, 0.4) is 0 Å². The van der Waals surface area contributed by atoms with E-state index in [0.717, 1.165) is 12.3 Å². The fraction of sp³-hybridized carbons (Fsp3) is 0.800. The predicted molar refractivity (Wildman–Crippen MR) is 30.6 cm³/mol. The first kappa shape index (κ1) is 33.1. The van der Waals surface area contributed by atoms with E-state index in [2.05, 4.69) is 20.8 Å². The van der Waals surface area contributed by atoms with Gasteiger partial charge in [0.2, 0.25) is 0 Å². The Labute approximate surface area is 75.5 Å². The van der Waals surface area contributed by atoms with Gasteiger partial charge in [-0.15, -0.1) is 0 Å². The average Bonchev–Trinajstić information content (AvgIpc) is 1.38. The molecule has 0 unspecified atom stereocenters. The van der Waals surface area contributed by atoms with Crippen molar-refractivity contribution in [2.75, 3.05) is 0 Å². The van der Waals surface area contributed by atoms with Crippen molar-refractivity contribution in [3.8, 4) is 0 Å². The summed E-state index contributed by atoms with van der Waals surface area (Å²) < 4.78 is 0. The van der Waals surface area contributed by atoms with Gasteiger partial charge in [0, 0.05) is 0 Å². The molecule has 4 heteroatoms. The minimum atomic E-state index is 0. The molecule has 0 heterocycles. The van der Waals surface area contributed by atoms with Crippen molar-refractivity contribution in [2.24, 2.45) is 5.92 Å². The molecule has 0 saturated heterocycles. The van der Waals surface area contributed by atoms with Gasteiger partial charge in [-0.05, 0) is 0 Å². The van der Waals surface area contributed by atoms with Gasteiger partial charge in [0.25, 0.3) is 0 Å². The first-order chi connectivity index (χ1) is 2.27. The Bertz CT molecular complexity index is 26.2. The summed E-state index contributed by atoms with van der Waals surface area (Å²) in [5.74, 6) is 0.773. The van der Waals surface area contributed by atoms with Crippen molar-refractivity contribution < 1.29 is 42.3 Å². The van der Waals surface area contributed by atoms with Crippen LogP contribution in [0, 0.1) is 12.8 Å². The van der Waals surface area contributed by atoms with Crippen molar-refractivity contribution in [2.45, 2.75) is 20.3 Å². The Hall–Kier alpha value is 0.750. The molecule has 3 N–H and O–H groups in total. The van der Waals surface area contributed by atoms with Crippen molar-refractivity contribution >= 4 is 0 Å². The van der Waals surface area contributed by atoms with Crippen molar-refractivity contribution in [1.82, 2.24) is 0 Å². The van der Waals surface area contributed by atoms with Crippen LogP contribution in [0.5, 0.6) is 0 Å². The third-order valence-electron chi connectivity index (χ3n) is 0.577. The maximum absolute atomic E-state index is 3.69. The summed E-state index contributed by atoms with van der Waals surface area (Å²) in [7, 11) is 0. The van der Waals surface area contributed by atoms with Crippen LogP contribution in [-0.2, 0) is 25.8 Å². The van der Waals surface area contributed by atoms with Gasteiger partial charge in [0.15, 0.2) is 0 Å². The van der Waals surface area contributed by atoms with E-state index in [-0.39, 0.29) is 42.3 Å². The number of hydrogen-bond acceptors (Lipinski definition) is 3. The van der Waals surface area contributed by atoms with Gasteiger partial charge in [0.05, 0.1) is 0 Å². The molecule has 3 nitrogen and oxygen atoms in total. The molecule has 0 amide bonds. The van der Waals surface area contributed by atoms with Gasteiger partial charge in [-0.25, -0.2) is 0 Å². The minimum Gasteiger partial charge on any atom is -0.870 e. The molecule has 56 valence electrons. The Morgan fingerprint density at radius 1 is 1.11 bits per heavy atom. The zero-order valence-corrected chi connectivity index (χ0v) is 9.43. The van der Waals surface area contributed by atoms with E-state index in [1.807, 2.05) is 0 Å². The van der Waals surface area contributed by atoms with Crippen LogP contribution in [0.2, 0.25) is 0 Å². The smallest absolute Gasteiger partial charge is 0.870 e. The zero-order valence-electron chi connectivity index (χ0n) is 5.83. The van der Waals surface area contributed by atoms with Gasteiger partial charge in [-0.3, -0.25) is 0 Å². The second kappa shape index (κ2) is 23.3. The molecule has 0 rings (SSSR count). The Morgan fingerprint density at radius 3 is 1.22 bits per heavy atom. The van der Waals surface area contributed by atoms with E-state index in [0.29, 0.717) is 0 Å².